The second-order valence-corrected chi connectivity index (χ2v) is 4.31. The molecular formula is C14H15N5. The van der Waals surface area contributed by atoms with Gasteiger partial charge in [-0.15, -0.1) is 5.10 Å². The van der Waals surface area contributed by atoms with E-state index in [1.165, 1.54) is 0 Å². The number of nitrogens with one attached hydrogen (secondary N) is 1. The predicted molar refractivity (Wildman–Crippen MR) is 74.0 cm³/mol. The van der Waals surface area contributed by atoms with Gasteiger partial charge in [0.25, 0.3) is 0 Å². The maximum atomic E-state index is 4.19. The summed E-state index contributed by atoms with van der Waals surface area (Å²) in [4.78, 5) is 4.18. The summed E-state index contributed by atoms with van der Waals surface area (Å²) < 4.78 is 1.80. The highest BCUT2D eigenvalue weighted by atomic mass is 15.4. The second-order valence-electron chi connectivity index (χ2n) is 4.31. The monoisotopic (exact) mass is 253 g/mol. The van der Waals surface area contributed by atoms with Gasteiger partial charge in [0, 0.05) is 24.3 Å². The van der Waals surface area contributed by atoms with E-state index >= 15 is 0 Å². The number of rotatable bonds is 4. The molecule has 0 saturated heterocycles. The van der Waals surface area contributed by atoms with Crippen LogP contribution in [0.5, 0.6) is 0 Å². The number of fused-ring (bicyclic) bond motifs is 1. The van der Waals surface area contributed by atoms with Crippen LogP contribution in [0, 0.1) is 0 Å². The molecule has 2 heterocycles. The van der Waals surface area contributed by atoms with Crippen molar-refractivity contribution in [2.75, 3.05) is 6.54 Å². The van der Waals surface area contributed by atoms with Crippen LogP contribution in [0.4, 0.5) is 0 Å². The third-order valence-corrected chi connectivity index (χ3v) is 3.00. The minimum Gasteiger partial charge on any atom is -0.311 e. The minimum atomic E-state index is 0.736. The van der Waals surface area contributed by atoms with Crippen molar-refractivity contribution >= 4 is 10.8 Å². The van der Waals surface area contributed by atoms with Gasteiger partial charge < -0.3 is 5.32 Å². The Balaban J connectivity index is 2.02. The van der Waals surface area contributed by atoms with Crippen molar-refractivity contribution < 1.29 is 0 Å². The van der Waals surface area contributed by atoms with Crippen LogP contribution in [0.1, 0.15) is 12.6 Å². The lowest BCUT2D eigenvalue weighted by molar-refractivity contribution is 0.705. The van der Waals surface area contributed by atoms with Gasteiger partial charge in [-0.05, 0) is 24.1 Å². The topological polar surface area (TPSA) is 55.6 Å². The zero-order valence-electron chi connectivity index (χ0n) is 10.7. The van der Waals surface area contributed by atoms with E-state index in [-0.39, 0.29) is 0 Å². The Labute approximate surface area is 111 Å². The number of nitrogens with zero attached hydrogens (tertiary/aromatic N) is 4. The van der Waals surface area contributed by atoms with Crippen LogP contribution in [0.25, 0.3) is 16.5 Å². The molecule has 0 spiro atoms. The Morgan fingerprint density at radius 2 is 2.21 bits per heavy atom. The van der Waals surface area contributed by atoms with Gasteiger partial charge in [0.1, 0.15) is 0 Å². The minimum absolute atomic E-state index is 0.736. The van der Waals surface area contributed by atoms with Crippen LogP contribution in [-0.2, 0) is 6.54 Å². The van der Waals surface area contributed by atoms with Crippen molar-refractivity contribution in [2.24, 2.45) is 0 Å². The maximum absolute atomic E-state index is 4.19. The van der Waals surface area contributed by atoms with Gasteiger partial charge in [-0.25, -0.2) is 4.68 Å². The Bertz CT molecular complexity index is 684. The smallest absolute Gasteiger partial charge is 0.0969 e. The van der Waals surface area contributed by atoms with E-state index in [4.69, 9.17) is 0 Å². The first-order valence-electron chi connectivity index (χ1n) is 6.33. The standard InChI is InChI=1S/C14H15N5/c1-2-15-8-12-10-19(18-17-12)14-5-3-4-11-6-7-16-9-13(11)14/h3-7,9-10,15H,2,8H2,1H3. The second kappa shape index (κ2) is 5.16. The molecule has 19 heavy (non-hydrogen) atoms. The van der Waals surface area contributed by atoms with Crippen molar-refractivity contribution in [3.8, 4) is 5.69 Å². The lowest BCUT2D eigenvalue weighted by Crippen LogP contribution is -2.11. The van der Waals surface area contributed by atoms with E-state index in [1.54, 1.807) is 10.9 Å². The van der Waals surface area contributed by atoms with E-state index < -0.39 is 0 Å². The van der Waals surface area contributed by atoms with Crippen LogP contribution >= 0.6 is 0 Å². The Hall–Kier alpha value is -2.27. The van der Waals surface area contributed by atoms with Crippen LogP contribution in [0.3, 0.4) is 0 Å². The molecule has 1 aromatic carbocycles. The molecule has 0 fully saturated rings. The first-order chi connectivity index (χ1) is 9.38. The van der Waals surface area contributed by atoms with Gasteiger partial charge in [-0.3, -0.25) is 4.98 Å². The largest absolute Gasteiger partial charge is 0.311 e. The first kappa shape index (κ1) is 11.8. The normalized spacial score (nSPS) is 11.0. The summed E-state index contributed by atoms with van der Waals surface area (Å²) in [5.74, 6) is 0. The van der Waals surface area contributed by atoms with Gasteiger partial charge in [0.2, 0.25) is 0 Å². The van der Waals surface area contributed by atoms with Crippen LogP contribution < -0.4 is 5.32 Å². The summed E-state index contributed by atoms with van der Waals surface area (Å²) in [6.45, 7) is 3.73. The van der Waals surface area contributed by atoms with Gasteiger partial charge in [0.05, 0.1) is 17.6 Å². The molecule has 5 heteroatoms. The molecule has 0 atom stereocenters. The Morgan fingerprint density at radius 1 is 1.26 bits per heavy atom. The number of pyridine rings is 1. The fourth-order valence-corrected chi connectivity index (χ4v) is 2.05. The summed E-state index contributed by atoms with van der Waals surface area (Å²) in [6.07, 6.45) is 5.60. The average molecular weight is 253 g/mol. The summed E-state index contributed by atoms with van der Waals surface area (Å²) >= 11 is 0. The zero-order chi connectivity index (χ0) is 13.1. The lowest BCUT2D eigenvalue weighted by Gasteiger charge is -2.04. The zero-order valence-corrected chi connectivity index (χ0v) is 10.7. The summed E-state index contributed by atoms with van der Waals surface area (Å²) in [5, 5.41) is 13.8. The highest BCUT2D eigenvalue weighted by Crippen LogP contribution is 2.20. The predicted octanol–water partition coefficient (Wildman–Crippen LogP) is 1.92. The van der Waals surface area contributed by atoms with Crippen molar-refractivity contribution in [1.82, 2.24) is 25.3 Å². The summed E-state index contributed by atoms with van der Waals surface area (Å²) in [6, 6.07) is 8.10. The van der Waals surface area contributed by atoms with Crippen molar-refractivity contribution in [1.29, 1.82) is 0 Å². The van der Waals surface area contributed by atoms with Gasteiger partial charge >= 0.3 is 0 Å². The number of benzene rings is 1. The van der Waals surface area contributed by atoms with Crippen molar-refractivity contribution in [2.45, 2.75) is 13.5 Å². The molecule has 0 radical (unpaired) electrons. The van der Waals surface area contributed by atoms with E-state index in [2.05, 4.69) is 33.6 Å². The molecule has 0 aliphatic rings. The number of hydrogen-bond donors (Lipinski definition) is 1. The maximum Gasteiger partial charge on any atom is 0.0969 e. The van der Waals surface area contributed by atoms with Crippen molar-refractivity contribution in [3.63, 3.8) is 0 Å². The van der Waals surface area contributed by atoms with Gasteiger partial charge in [0.15, 0.2) is 0 Å². The molecule has 0 aliphatic carbocycles. The van der Waals surface area contributed by atoms with Crippen LogP contribution in [0.2, 0.25) is 0 Å². The highest BCUT2D eigenvalue weighted by Gasteiger charge is 2.06. The van der Waals surface area contributed by atoms with E-state index in [9.17, 15) is 0 Å². The molecule has 96 valence electrons. The Morgan fingerprint density at radius 3 is 3.11 bits per heavy atom. The third-order valence-electron chi connectivity index (χ3n) is 3.00. The third kappa shape index (κ3) is 2.32. The Kier molecular flexibility index (Phi) is 3.20. The molecule has 5 nitrogen and oxygen atoms in total. The van der Waals surface area contributed by atoms with Crippen LogP contribution in [0.15, 0.2) is 42.9 Å². The average Bonchev–Trinajstić information content (AvgIpc) is 2.93. The van der Waals surface area contributed by atoms with Gasteiger partial charge in [-0.1, -0.05) is 24.3 Å². The molecule has 3 rings (SSSR count). The quantitative estimate of drug-likeness (QED) is 0.772. The molecule has 2 aromatic heterocycles. The van der Waals surface area contributed by atoms with E-state index in [0.29, 0.717) is 0 Å². The van der Waals surface area contributed by atoms with Crippen LogP contribution in [-0.4, -0.2) is 26.5 Å². The SMILES string of the molecule is CCNCc1cn(-c2cccc3ccncc23)nn1. The fraction of sp³-hybridized carbons (Fsp3) is 0.214. The summed E-state index contributed by atoms with van der Waals surface area (Å²) in [7, 11) is 0. The molecular weight excluding hydrogens is 238 g/mol. The molecule has 0 aliphatic heterocycles. The first-order valence-corrected chi connectivity index (χ1v) is 6.33. The lowest BCUT2D eigenvalue weighted by atomic mass is 10.1. The fourth-order valence-electron chi connectivity index (χ4n) is 2.05. The molecule has 3 aromatic rings. The number of hydrogen-bond acceptors (Lipinski definition) is 4. The van der Waals surface area contributed by atoms with E-state index in [0.717, 1.165) is 35.2 Å². The molecule has 1 N–H and O–H groups in total. The summed E-state index contributed by atoms with van der Waals surface area (Å²) in [5.41, 5.74) is 1.93. The van der Waals surface area contributed by atoms with E-state index in [1.807, 2.05) is 30.6 Å². The highest BCUT2D eigenvalue weighted by molar-refractivity contribution is 5.89. The van der Waals surface area contributed by atoms with Gasteiger partial charge in [-0.2, -0.15) is 0 Å². The number of aromatic nitrogens is 4. The molecule has 0 saturated carbocycles. The van der Waals surface area contributed by atoms with Crippen molar-refractivity contribution in [3.05, 3.63) is 48.5 Å². The molecule has 0 amide bonds. The molecule has 0 bridgehead atoms. The molecule has 0 unspecified atom stereocenters.